The Labute approximate surface area is 95.1 Å². The summed E-state index contributed by atoms with van der Waals surface area (Å²) in [6.45, 7) is 4.29. The van der Waals surface area contributed by atoms with Crippen LogP contribution in [-0.4, -0.2) is 46.5 Å². The number of nitrogens with one attached hydrogen (secondary N) is 1. The number of carbonyl (C=O) groups excluding carboxylic acids is 1. The first-order valence-electron chi connectivity index (χ1n) is 5.33. The number of amides is 1. The smallest absolute Gasteiger partial charge is 0.234 e. The average Bonchev–Trinajstić information content (AvgIpc) is 2.49. The molecule has 5 heteroatoms. The number of likely N-dealkylation sites (tertiary alicyclic amines) is 1. The van der Waals surface area contributed by atoms with E-state index in [1.165, 1.54) is 0 Å². The van der Waals surface area contributed by atoms with Gasteiger partial charge in [-0.3, -0.25) is 4.79 Å². The van der Waals surface area contributed by atoms with Gasteiger partial charge in [-0.25, -0.2) is 0 Å². The maximum absolute atomic E-state index is 11.6. The van der Waals surface area contributed by atoms with Crippen LogP contribution in [0.4, 0.5) is 0 Å². The zero-order chi connectivity index (χ0) is 10.2. The molecule has 2 rings (SSSR count). The van der Waals surface area contributed by atoms with Crippen molar-refractivity contribution in [2.24, 2.45) is 0 Å². The van der Waals surface area contributed by atoms with E-state index < -0.39 is 0 Å². The van der Waals surface area contributed by atoms with Gasteiger partial charge in [0, 0.05) is 13.1 Å². The van der Waals surface area contributed by atoms with Gasteiger partial charge in [0.15, 0.2) is 0 Å². The minimum atomic E-state index is 0. The van der Waals surface area contributed by atoms with E-state index >= 15 is 0 Å². The van der Waals surface area contributed by atoms with Crippen LogP contribution in [0.5, 0.6) is 0 Å². The highest BCUT2D eigenvalue weighted by Gasteiger charge is 2.45. The number of thioether (sulfide) groups is 1. The molecule has 2 fully saturated rings. The summed E-state index contributed by atoms with van der Waals surface area (Å²) >= 11 is 1.86. The maximum atomic E-state index is 11.6. The summed E-state index contributed by atoms with van der Waals surface area (Å²) in [6, 6.07) is 0. The van der Waals surface area contributed by atoms with Crippen LogP contribution in [-0.2, 0) is 4.79 Å². The lowest BCUT2D eigenvalue weighted by molar-refractivity contribution is -0.120. The Bertz CT molecular complexity index is 240. The molecule has 4 nitrogen and oxygen atoms in total. The Hall–Kier alpha value is -0.260. The zero-order valence-electron chi connectivity index (χ0n) is 9.38. The first kappa shape index (κ1) is 12.8. The molecule has 2 aliphatic rings. The molecule has 0 aromatic rings. The highest BCUT2D eigenvalue weighted by Crippen LogP contribution is 2.41. The molecule has 1 amide bonds. The predicted molar refractivity (Wildman–Crippen MR) is 62.9 cm³/mol. The second-order valence-electron chi connectivity index (χ2n) is 4.30. The SMILES string of the molecule is CC[C@@H]1SC2(CCN(C)CC2)NC1=O.O. The lowest BCUT2D eigenvalue weighted by atomic mass is 10.0. The molecule has 2 aliphatic heterocycles. The molecular weight excluding hydrogens is 212 g/mol. The van der Waals surface area contributed by atoms with Crippen LogP contribution in [0.25, 0.3) is 0 Å². The molecule has 0 aliphatic carbocycles. The fraction of sp³-hybridized carbons (Fsp3) is 0.900. The molecule has 0 aromatic heterocycles. The maximum Gasteiger partial charge on any atom is 0.234 e. The number of hydrogen-bond donors (Lipinski definition) is 1. The van der Waals surface area contributed by atoms with Crippen LogP contribution in [0, 0.1) is 0 Å². The third kappa shape index (κ3) is 2.46. The lowest BCUT2D eigenvalue weighted by Gasteiger charge is -2.36. The van der Waals surface area contributed by atoms with E-state index in [1.807, 2.05) is 11.8 Å². The molecule has 0 unspecified atom stereocenters. The van der Waals surface area contributed by atoms with Gasteiger partial charge in [-0.15, -0.1) is 11.8 Å². The van der Waals surface area contributed by atoms with Gasteiger partial charge in [-0.05, 0) is 26.3 Å². The molecule has 3 N–H and O–H groups in total. The summed E-state index contributed by atoms with van der Waals surface area (Å²) in [4.78, 5) is 14.0. The summed E-state index contributed by atoms with van der Waals surface area (Å²) in [7, 11) is 2.14. The van der Waals surface area contributed by atoms with Gasteiger partial charge >= 0.3 is 0 Å². The summed E-state index contributed by atoms with van der Waals surface area (Å²) in [5, 5.41) is 3.38. The highest BCUT2D eigenvalue weighted by atomic mass is 32.2. The summed E-state index contributed by atoms with van der Waals surface area (Å²) < 4.78 is 0. The van der Waals surface area contributed by atoms with E-state index in [2.05, 4.69) is 24.2 Å². The topological polar surface area (TPSA) is 63.8 Å². The minimum absolute atomic E-state index is 0. The molecule has 0 bridgehead atoms. The normalized spacial score (nSPS) is 30.0. The van der Waals surface area contributed by atoms with Crippen molar-refractivity contribution < 1.29 is 10.3 Å². The number of piperidine rings is 1. The molecule has 1 spiro atoms. The molecule has 2 heterocycles. The van der Waals surface area contributed by atoms with E-state index in [0.717, 1.165) is 32.4 Å². The Morgan fingerprint density at radius 2 is 2.13 bits per heavy atom. The van der Waals surface area contributed by atoms with Crippen molar-refractivity contribution in [1.82, 2.24) is 10.2 Å². The van der Waals surface area contributed by atoms with Gasteiger partial charge in [-0.1, -0.05) is 6.92 Å². The second-order valence-corrected chi connectivity index (χ2v) is 5.89. The quantitative estimate of drug-likeness (QED) is 0.703. The van der Waals surface area contributed by atoms with E-state index in [1.54, 1.807) is 0 Å². The molecule has 2 saturated heterocycles. The molecule has 15 heavy (non-hydrogen) atoms. The van der Waals surface area contributed by atoms with Crippen LogP contribution in [0.3, 0.4) is 0 Å². The number of hydrogen-bond acceptors (Lipinski definition) is 3. The van der Waals surface area contributed by atoms with E-state index in [-0.39, 0.29) is 21.5 Å². The van der Waals surface area contributed by atoms with Gasteiger partial charge in [0.2, 0.25) is 5.91 Å². The Balaban J connectivity index is 0.00000112. The van der Waals surface area contributed by atoms with E-state index in [9.17, 15) is 4.79 Å². The largest absolute Gasteiger partial charge is 0.412 e. The molecular formula is C10H20N2O2S. The molecule has 0 radical (unpaired) electrons. The fourth-order valence-corrected chi connectivity index (χ4v) is 3.61. The monoisotopic (exact) mass is 232 g/mol. The summed E-state index contributed by atoms with van der Waals surface area (Å²) in [6.07, 6.45) is 3.14. The van der Waals surface area contributed by atoms with Crippen molar-refractivity contribution in [2.45, 2.75) is 36.3 Å². The van der Waals surface area contributed by atoms with E-state index in [4.69, 9.17) is 0 Å². The van der Waals surface area contributed by atoms with Crippen LogP contribution in [0.2, 0.25) is 0 Å². The van der Waals surface area contributed by atoms with Crippen LogP contribution >= 0.6 is 11.8 Å². The van der Waals surface area contributed by atoms with Crippen molar-refractivity contribution in [3.05, 3.63) is 0 Å². The van der Waals surface area contributed by atoms with Gasteiger partial charge < -0.3 is 15.7 Å². The van der Waals surface area contributed by atoms with Crippen molar-refractivity contribution in [3.63, 3.8) is 0 Å². The molecule has 0 saturated carbocycles. The highest BCUT2D eigenvalue weighted by molar-refractivity contribution is 8.02. The lowest BCUT2D eigenvalue weighted by Crippen LogP contribution is -2.48. The van der Waals surface area contributed by atoms with Crippen LogP contribution < -0.4 is 5.32 Å². The first-order valence-corrected chi connectivity index (χ1v) is 6.21. The number of rotatable bonds is 1. The first-order chi connectivity index (χ1) is 6.65. The second kappa shape index (κ2) is 4.72. The van der Waals surface area contributed by atoms with Crippen molar-refractivity contribution in [3.8, 4) is 0 Å². The summed E-state index contributed by atoms with van der Waals surface area (Å²) in [5.41, 5.74) is 0. The number of carbonyl (C=O) groups is 1. The standard InChI is InChI=1S/C10H18N2OS.H2O/c1-3-8-9(13)11-10(14-8)4-6-12(2)7-5-10;/h8H,3-7H2,1-2H3,(H,11,13);1H2/t8-;/m0./s1. The molecule has 88 valence electrons. The van der Waals surface area contributed by atoms with Gasteiger partial charge in [0.05, 0.1) is 10.1 Å². The fourth-order valence-electron chi connectivity index (χ4n) is 2.15. The Kier molecular flexibility index (Phi) is 4.03. The van der Waals surface area contributed by atoms with Crippen LogP contribution in [0.1, 0.15) is 26.2 Å². The number of nitrogens with zero attached hydrogens (tertiary/aromatic N) is 1. The van der Waals surface area contributed by atoms with Crippen molar-refractivity contribution in [1.29, 1.82) is 0 Å². The third-order valence-corrected chi connectivity index (χ3v) is 4.97. The molecule has 0 aromatic carbocycles. The van der Waals surface area contributed by atoms with Crippen molar-refractivity contribution >= 4 is 17.7 Å². The Morgan fingerprint density at radius 3 is 2.60 bits per heavy atom. The Morgan fingerprint density at radius 1 is 1.53 bits per heavy atom. The predicted octanol–water partition coefficient (Wildman–Crippen LogP) is 0.225. The van der Waals surface area contributed by atoms with E-state index in [0.29, 0.717) is 0 Å². The van der Waals surface area contributed by atoms with Gasteiger partial charge in [-0.2, -0.15) is 0 Å². The minimum Gasteiger partial charge on any atom is -0.412 e. The van der Waals surface area contributed by atoms with Gasteiger partial charge in [0.25, 0.3) is 0 Å². The van der Waals surface area contributed by atoms with Crippen LogP contribution in [0.15, 0.2) is 0 Å². The van der Waals surface area contributed by atoms with Gasteiger partial charge in [0.1, 0.15) is 0 Å². The summed E-state index contributed by atoms with van der Waals surface area (Å²) in [5.74, 6) is 0.252. The average molecular weight is 232 g/mol. The third-order valence-electron chi connectivity index (χ3n) is 3.18. The molecule has 1 atom stereocenters. The zero-order valence-corrected chi connectivity index (χ0v) is 10.2. The van der Waals surface area contributed by atoms with Crippen molar-refractivity contribution in [2.75, 3.05) is 20.1 Å².